The number of rotatable bonds is 8. The molecule has 1 aliphatic carbocycles. The molecule has 1 aliphatic heterocycles. The van der Waals surface area contributed by atoms with Crippen LogP contribution in [0, 0.1) is 11.8 Å². The van der Waals surface area contributed by atoms with Gasteiger partial charge in [0, 0.05) is 31.2 Å². The Balaban J connectivity index is 1.74. The second-order valence-electron chi connectivity index (χ2n) is 7.94. The summed E-state index contributed by atoms with van der Waals surface area (Å²) in [5.41, 5.74) is 0. The fourth-order valence-electron chi connectivity index (χ4n) is 3.52. The van der Waals surface area contributed by atoms with Gasteiger partial charge in [-0.1, -0.05) is 13.8 Å². The molecule has 1 N–H and O–H groups in total. The molecule has 3 heteroatoms. The first-order valence-corrected chi connectivity index (χ1v) is 9.16. The SMILES string of the molecule is CC(C)C1CNC(C2CC2)CN1CCCCN(C)C(C)C. The summed E-state index contributed by atoms with van der Waals surface area (Å²) >= 11 is 0. The minimum Gasteiger partial charge on any atom is -0.311 e. The highest BCUT2D eigenvalue weighted by Gasteiger charge is 2.37. The Labute approximate surface area is 132 Å². The van der Waals surface area contributed by atoms with Crippen LogP contribution in [0.4, 0.5) is 0 Å². The third kappa shape index (κ3) is 5.22. The molecular formula is C18H37N3. The van der Waals surface area contributed by atoms with Crippen molar-refractivity contribution < 1.29 is 0 Å². The average molecular weight is 296 g/mol. The number of unbranched alkanes of at least 4 members (excludes halogenated alkanes) is 1. The summed E-state index contributed by atoms with van der Waals surface area (Å²) in [7, 11) is 2.25. The second-order valence-corrected chi connectivity index (χ2v) is 7.94. The maximum absolute atomic E-state index is 3.82. The highest BCUT2D eigenvalue weighted by atomic mass is 15.2. The molecular weight excluding hydrogens is 258 g/mol. The largest absolute Gasteiger partial charge is 0.311 e. The molecule has 2 aliphatic rings. The minimum absolute atomic E-state index is 0.673. The predicted octanol–water partition coefficient (Wildman–Crippen LogP) is 2.82. The Hall–Kier alpha value is -0.120. The standard InChI is InChI=1S/C18H37N3/c1-14(2)18-12-19-17(16-8-9-16)13-21(18)11-7-6-10-20(5)15(3)4/h14-19H,6-13H2,1-5H3. The Bertz CT molecular complexity index is 299. The van der Waals surface area contributed by atoms with Gasteiger partial charge in [0.15, 0.2) is 0 Å². The maximum Gasteiger partial charge on any atom is 0.0244 e. The molecule has 3 nitrogen and oxygen atoms in total. The molecule has 0 bridgehead atoms. The van der Waals surface area contributed by atoms with Crippen molar-refractivity contribution in [2.45, 2.75) is 71.5 Å². The smallest absolute Gasteiger partial charge is 0.0244 e. The summed E-state index contributed by atoms with van der Waals surface area (Å²) in [6, 6.07) is 2.19. The lowest BCUT2D eigenvalue weighted by Crippen LogP contribution is -2.59. The molecule has 2 atom stereocenters. The predicted molar refractivity (Wildman–Crippen MR) is 91.7 cm³/mol. The molecule has 0 aromatic heterocycles. The molecule has 0 amide bonds. The second kappa shape index (κ2) is 7.94. The van der Waals surface area contributed by atoms with Crippen LogP contribution < -0.4 is 5.32 Å². The van der Waals surface area contributed by atoms with E-state index in [-0.39, 0.29) is 0 Å². The van der Waals surface area contributed by atoms with Crippen LogP contribution in [-0.4, -0.2) is 61.2 Å². The van der Waals surface area contributed by atoms with Crippen LogP contribution in [0.1, 0.15) is 53.4 Å². The number of nitrogens with zero attached hydrogens (tertiary/aromatic N) is 2. The first kappa shape index (κ1) is 17.2. The molecule has 2 fully saturated rings. The Morgan fingerprint density at radius 3 is 2.43 bits per heavy atom. The normalized spacial score (nSPS) is 28.0. The monoisotopic (exact) mass is 295 g/mol. The Morgan fingerprint density at radius 2 is 1.86 bits per heavy atom. The van der Waals surface area contributed by atoms with Crippen LogP contribution in [0.3, 0.4) is 0 Å². The van der Waals surface area contributed by atoms with Crippen LogP contribution in [0.25, 0.3) is 0 Å². The van der Waals surface area contributed by atoms with Gasteiger partial charge in [-0.2, -0.15) is 0 Å². The zero-order chi connectivity index (χ0) is 15.4. The summed E-state index contributed by atoms with van der Waals surface area (Å²) in [5.74, 6) is 1.74. The van der Waals surface area contributed by atoms with E-state index in [1.54, 1.807) is 0 Å². The first-order valence-electron chi connectivity index (χ1n) is 9.16. The summed E-state index contributed by atoms with van der Waals surface area (Å²) in [4.78, 5) is 5.25. The van der Waals surface area contributed by atoms with Gasteiger partial charge >= 0.3 is 0 Å². The van der Waals surface area contributed by atoms with Gasteiger partial charge < -0.3 is 10.2 Å². The zero-order valence-corrected chi connectivity index (χ0v) is 14.9. The fraction of sp³-hybridized carbons (Fsp3) is 1.00. The molecule has 1 heterocycles. The van der Waals surface area contributed by atoms with E-state index < -0.39 is 0 Å². The lowest BCUT2D eigenvalue weighted by atomic mass is 9.96. The molecule has 21 heavy (non-hydrogen) atoms. The topological polar surface area (TPSA) is 18.5 Å². The van der Waals surface area contributed by atoms with E-state index in [9.17, 15) is 0 Å². The van der Waals surface area contributed by atoms with Gasteiger partial charge in [-0.15, -0.1) is 0 Å². The van der Waals surface area contributed by atoms with Crippen LogP contribution >= 0.6 is 0 Å². The summed E-state index contributed by atoms with van der Waals surface area (Å²) in [6.07, 6.45) is 5.59. The molecule has 0 radical (unpaired) electrons. The van der Waals surface area contributed by atoms with Crippen LogP contribution in [-0.2, 0) is 0 Å². The molecule has 1 saturated carbocycles. The molecule has 2 rings (SSSR count). The van der Waals surface area contributed by atoms with Crippen molar-refractivity contribution in [3.8, 4) is 0 Å². The lowest BCUT2D eigenvalue weighted by Gasteiger charge is -2.43. The average Bonchev–Trinajstić information content (AvgIpc) is 3.27. The molecule has 0 spiro atoms. The van der Waals surface area contributed by atoms with E-state index in [0.29, 0.717) is 6.04 Å². The molecule has 0 aromatic rings. The van der Waals surface area contributed by atoms with Crippen LogP contribution in [0.15, 0.2) is 0 Å². The first-order chi connectivity index (χ1) is 9.99. The highest BCUT2D eigenvalue weighted by molar-refractivity contribution is 4.95. The summed E-state index contributed by atoms with van der Waals surface area (Å²) in [6.45, 7) is 14.3. The van der Waals surface area contributed by atoms with Gasteiger partial charge in [-0.25, -0.2) is 0 Å². The van der Waals surface area contributed by atoms with Crippen molar-refractivity contribution in [2.24, 2.45) is 11.8 Å². The van der Waals surface area contributed by atoms with Crippen molar-refractivity contribution in [3.05, 3.63) is 0 Å². The van der Waals surface area contributed by atoms with Gasteiger partial charge in [0.1, 0.15) is 0 Å². The lowest BCUT2D eigenvalue weighted by molar-refractivity contribution is 0.0893. The van der Waals surface area contributed by atoms with Crippen molar-refractivity contribution in [1.29, 1.82) is 0 Å². The van der Waals surface area contributed by atoms with Crippen molar-refractivity contribution in [2.75, 3.05) is 33.2 Å². The Kier molecular flexibility index (Phi) is 6.51. The molecule has 2 unspecified atom stereocenters. The van der Waals surface area contributed by atoms with E-state index in [4.69, 9.17) is 0 Å². The minimum atomic E-state index is 0.673. The van der Waals surface area contributed by atoms with Crippen molar-refractivity contribution in [3.63, 3.8) is 0 Å². The molecule has 1 saturated heterocycles. The van der Waals surface area contributed by atoms with Crippen LogP contribution in [0.2, 0.25) is 0 Å². The fourth-order valence-corrected chi connectivity index (χ4v) is 3.52. The van der Waals surface area contributed by atoms with E-state index in [2.05, 4.69) is 49.9 Å². The number of hydrogen-bond donors (Lipinski definition) is 1. The Morgan fingerprint density at radius 1 is 1.14 bits per heavy atom. The third-order valence-electron chi connectivity index (χ3n) is 5.54. The van der Waals surface area contributed by atoms with Crippen LogP contribution in [0.5, 0.6) is 0 Å². The third-order valence-corrected chi connectivity index (χ3v) is 5.54. The number of piperazine rings is 1. The number of hydrogen-bond acceptors (Lipinski definition) is 3. The van der Waals surface area contributed by atoms with Gasteiger partial charge in [0.25, 0.3) is 0 Å². The van der Waals surface area contributed by atoms with Gasteiger partial charge in [-0.3, -0.25) is 4.90 Å². The van der Waals surface area contributed by atoms with Crippen molar-refractivity contribution >= 4 is 0 Å². The quantitative estimate of drug-likeness (QED) is 0.695. The van der Waals surface area contributed by atoms with E-state index in [1.165, 1.54) is 51.9 Å². The summed E-state index contributed by atoms with van der Waals surface area (Å²) in [5, 5.41) is 3.82. The van der Waals surface area contributed by atoms with Gasteiger partial charge in [-0.05, 0) is 71.5 Å². The molecule has 124 valence electrons. The zero-order valence-electron chi connectivity index (χ0n) is 14.9. The maximum atomic E-state index is 3.82. The van der Waals surface area contributed by atoms with Gasteiger partial charge in [0.2, 0.25) is 0 Å². The van der Waals surface area contributed by atoms with E-state index >= 15 is 0 Å². The molecule has 0 aromatic carbocycles. The highest BCUT2D eigenvalue weighted by Crippen LogP contribution is 2.34. The van der Waals surface area contributed by atoms with E-state index in [1.807, 2.05) is 0 Å². The number of nitrogens with one attached hydrogen (secondary N) is 1. The summed E-state index contributed by atoms with van der Waals surface area (Å²) < 4.78 is 0. The van der Waals surface area contributed by atoms with Gasteiger partial charge in [0.05, 0.1) is 0 Å². The van der Waals surface area contributed by atoms with E-state index in [0.717, 1.165) is 23.9 Å². The van der Waals surface area contributed by atoms with Crippen molar-refractivity contribution in [1.82, 2.24) is 15.1 Å².